The standard InChI is InChI=1S/C20H28N4O2/c1-15-5-3-6-17(16(15)2)22-12-9-21(10-13-22)11-14-24-19(25)18-7-4-8-23(18)20(24)26/h3,5-6,18H,4,7-14H2,1-2H3/t18-/m0/s1. The maximum Gasteiger partial charge on any atom is 0.327 e. The van der Waals surface area contributed by atoms with E-state index >= 15 is 0 Å². The van der Waals surface area contributed by atoms with Crippen LogP contribution in [-0.2, 0) is 4.79 Å². The molecule has 0 bridgehead atoms. The van der Waals surface area contributed by atoms with Crippen molar-refractivity contribution in [2.24, 2.45) is 0 Å². The van der Waals surface area contributed by atoms with E-state index in [-0.39, 0.29) is 18.0 Å². The largest absolute Gasteiger partial charge is 0.369 e. The van der Waals surface area contributed by atoms with Crippen molar-refractivity contribution < 1.29 is 9.59 Å². The van der Waals surface area contributed by atoms with Crippen molar-refractivity contribution in [3.05, 3.63) is 29.3 Å². The Morgan fingerprint density at radius 1 is 1.00 bits per heavy atom. The molecule has 6 nitrogen and oxygen atoms in total. The van der Waals surface area contributed by atoms with E-state index in [2.05, 4.69) is 41.8 Å². The number of hydrogen-bond acceptors (Lipinski definition) is 4. The van der Waals surface area contributed by atoms with E-state index in [9.17, 15) is 9.59 Å². The highest BCUT2D eigenvalue weighted by Gasteiger charge is 2.47. The Labute approximate surface area is 155 Å². The molecule has 3 aliphatic heterocycles. The molecule has 3 heterocycles. The van der Waals surface area contributed by atoms with Crippen LogP contribution in [0.4, 0.5) is 10.5 Å². The van der Waals surface area contributed by atoms with Gasteiger partial charge in [0.05, 0.1) is 0 Å². The van der Waals surface area contributed by atoms with Crippen LogP contribution in [0.3, 0.4) is 0 Å². The number of carbonyl (C=O) groups excluding carboxylic acids is 2. The second-order valence-corrected chi connectivity index (χ2v) is 7.67. The van der Waals surface area contributed by atoms with Crippen molar-refractivity contribution in [1.29, 1.82) is 0 Å². The Bertz CT molecular complexity index is 690. The van der Waals surface area contributed by atoms with Crippen LogP contribution in [0.25, 0.3) is 0 Å². The number of hydrogen-bond donors (Lipinski definition) is 0. The first-order valence-corrected chi connectivity index (χ1v) is 9.72. The second-order valence-electron chi connectivity index (χ2n) is 7.67. The Hall–Kier alpha value is -2.08. The molecule has 0 saturated carbocycles. The average Bonchev–Trinajstić information content (AvgIpc) is 3.21. The third kappa shape index (κ3) is 2.96. The lowest BCUT2D eigenvalue weighted by Crippen LogP contribution is -2.49. The first kappa shape index (κ1) is 17.3. The minimum Gasteiger partial charge on any atom is -0.369 e. The highest BCUT2D eigenvalue weighted by Crippen LogP contribution is 2.27. The Morgan fingerprint density at radius 2 is 1.77 bits per heavy atom. The average molecular weight is 356 g/mol. The third-order valence-corrected chi connectivity index (χ3v) is 6.21. The summed E-state index contributed by atoms with van der Waals surface area (Å²) in [5.41, 5.74) is 4.02. The SMILES string of the molecule is Cc1cccc(N2CCN(CCN3C(=O)[C@@H]4CCCN4C3=O)CC2)c1C. The molecule has 0 aliphatic carbocycles. The molecule has 3 aliphatic rings. The number of carbonyl (C=O) groups is 2. The van der Waals surface area contributed by atoms with Crippen molar-refractivity contribution in [2.45, 2.75) is 32.7 Å². The second kappa shape index (κ2) is 6.91. The van der Waals surface area contributed by atoms with Gasteiger partial charge in [0, 0.05) is 51.5 Å². The minimum atomic E-state index is -0.177. The molecule has 3 saturated heterocycles. The van der Waals surface area contributed by atoms with Gasteiger partial charge in [-0.15, -0.1) is 0 Å². The molecule has 0 radical (unpaired) electrons. The fourth-order valence-corrected chi connectivity index (χ4v) is 4.42. The predicted octanol–water partition coefficient (Wildman–Crippen LogP) is 1.85. The molecule has 0 N–H and O–H groups in total. The summed E-state index contributed by atoms with van der Waals surface area (Å²) < 4.78 is 0. The molecule has 140 valence electrons. The van der Waals surface area contributed by atoms with Crippen LogP contribution < -0.4 is 4.90 Å². The fourth-order valence-electron chi connectivity index (χ4n) is 4.42. The van der Waals surface area contributed by atoms with Crippen molar-refractivity contribution in [3.8, 4) is 0 Å². The summed E-state index contributed by atoms with van der Waals surface area (Å²) in [6.07, 6.45) is 1.78. The van der Waals surface area contributed by atoms with Crippen LogP contribution in [0.1, 0.15) is 24.0 Å². The Balaban J connectivity index is 1.30. The molecular weight excluding hydrogens is 328 g/mol. The number of rotatable bonds is 4. The van der Waals surface area contributed by atoms with Gasteiger partial charge in [-0.2, -0.15) is 0 Å². The first-order chi connectivity index (χ1) is 12.6. The number of imide groups is 1. The van der Waals surface area contributed by atoms with Crippen LogP contribution in [0.5, 0.6) is 0 Å². The lowest BCUT2D eigenvalue weighted by Gasteiger charge is -2.37. The van der Waals surface area contributed by atoms with Gasteiger partial charge >= 0.3 is 6.03 Å². The lowest BCUT2D eigenvalue weighted by atomic mass is 10.1. The summed E-state index contributed by atoms with van der Waals surface area (Å²) in [6, 6.07) is 6.23. The maximum absolute atomic E-state index is 12.4. The van der Waals surface area contributed by atoms with Crippen molar-refractivity contribution >= 4 is 17.6 Å². The van der Waals surface area contributed by atoms with Gasteiger partial charge < -0.3 is 9.80 Å². The number of aryl methyl sites for hydroxylation is 1. The third-order valence-electron chi connectivity index (χ3n) is 6.21. The molecule has 0 spiro atoms. The molecule has 6 heteroatoms. The van der Waals surface area contributed by atoms with E-state index in [0.717, 1.165) is 52.1 Å². The molecule has 4 rings (SSSR count). The summed E-state index contributed by atoms with van der Waals surface area (Å²) in [7, 11) is 0. The number of piperazine rings is 1. The van der Waals surface area contributed by atoms with Crippen LogP contribution in [-0.4, -0.2) is 78.5 Å². The molecule has 26 heavy (non-hydrogen) atoms. The zero-order valence-electron chi connectivity index (χ0n) is 15.8. The van der Waals surface area contributed by atoms with Crippen molar-refractivity contribution in [2.75, 3.05) is 50.7 Å². The number of anilines is 1. The van der Waals surface area contributed by atoms with Gasteiger partial charge in [0.25, 0.3) is 5.91 Å². The van der Waals surface area contributed by atoms with Crippen molar-refractivity contribution in [3.63, 3.8) is 0 Å². The van der Waals surface area contributed by atoms with Gasteiger partial charge in [-0.3, -0.25) is 14.6 Å². The molecule has 0 aromatic heterocycles. The van der Waals surface area contributed by atoms with Gasteiger partial charge in [-0.1, -0.05) is 12.1 Å². The summed E-state index contributed by atoms with van der Waals surface area (Å²) in [5.74, 6) is 0.0153. The van der Waals surface area contributed by atoms with E-state index in [4.69, 9.17) is 0 Å². The van der Waals surface area contributed by atoms with Gasteiger partial charge in [0.15, 0.2) is 0 Å². The van der Waals surface area contributed by atoms with Crippen molar-refractivity contribution in [1.82, 2.24) is 14.7 Å². The summed E-state index contributed by atoms with van der Waals surface area (Å²) in [4.78, 5) is 32.8. The van der Waals surface area contributed by atoms with Crippen LogP contribution in [0.15, 0.2) is 18.2 Å². The fraction of sp³-hybridized carbons (Fsp3) is 0.600. The van der Waals surface area contributed by atoms with E-state index in [1.54, 1.807) is 4.90 Å². The number of amides is 3. The van der Waals surface area contributed by atoms with Gasteiger partial charge in [0.1, 0.15) is 6.04 Å². The van der Waals surface area contributed by atoms with E-state index < -0.39 is 0 Å². The number of fused-ring (bicyclic) bond motifs is 1. The maximum atomic E-state index is 12.4. The summed E-state index contributed by atoms with van der Waals surface area (Å²) in [5, 5.41) is 0. The minimum absolute atomic E-state index is 0.0153. The first-order valence-electron chi connectivity index (χ1n) is 9.72. The lowest BCUT2D eigenvalue weighted by molar-refractivity contribution is -0.128. The molecule has 1 aromatic rings. The van der Waals surface area contributed by atoms with E-state index in [1.807, 2.05) is 0 Å². The highest BCUT2D eigenvalue weighted by molar-refractivity contribution is 6.04. The Kier molecular flexibility index (Phi) is 4.61. The smallest absolute Gasteiger partial charge is 0.327 e. The predicted molar refractivity (Wildman–Crippen MR) is 101 cm³/mol. The topological polar surface area (TPSA) is 47.1 Å². The molecule has 3 amide bonds. The van der Waals surface area contributed by atoms with Crippen LogP contribution in [0.2, 0.25) is 0 Å². The van der Waals surface area contributed by atoms with Crippen LogP contribution in [0, 0.1) is 13.8 Å². The van der Waals surface area contributed by atoms with E-state index in [1.165, 1.54) is 21.7 Å². The Morgan fingerprint density at radius 3 is 2.50 bits per heavy atom. The molecule has 1 atom stereocenters. The molecule has 3 fully saturated rings. The quantitative estimate of drug-likeness (QED) is 0.773. The zero-order chi connectivity index (χ0) is 18.3. The number of benzene rings is 1. The number of urea groups is 1. The van der Waals surface area contributed by atoms with Gasteiger partial charge in [-0.25, -0.2) is 4.79 Å². The molecule has 1 aromatic carbocycles. The summed E-state index contributed by atoms with van der Waals surface area (Å²) >= 11 is 0. The summed E-state index contributed by atoms with van der Waals surface area (Å²) in [6.45, 7) is 10.3. The molecule has 0 unspecified atom stereocenters. The normalized spacial score (nSPS) is 23.9. The highest BCUT2D eigenvalue weighted by atomic mass is 16.2. The monoisotopic (exact) mass is 356 g/mol. The van der Waals surface area contributed by atoms with Gasteiger partial charge in [-0.05, 0) is 43.9 Å². The van der Waals surface area contributed by atoms with Crippen LogP contribution >= 0.6 is 0 Å². The van der Waals surface area contributed by atoms with Gasteiger partial charge in [0.2, 0.25) is 0 Å². The molecular formula is C20H28N4O2. The number of nitrogens with zero attached hydrogens (tertiary/aromatic N) is 4. The van der Waals surface area contributed by atoms with E-state index in [0.29, 0.717) is 6.54 Å². The zero-order valence-corrected chi connectivity index (χ0v) is 15.8.